The van der Waals surface area contributed by atoms with Crippen molar-refractivity contribution in [2.45, 2.75) is 26.3 Å². The molecule has 0 radical (unpaired) electrons. The Morgan fingerprint density at radius 1 is 1.11 bits per heavy atom. The van der Waals surface area contributed by atoms with Crippen LogP contribution in [0, 0.1) is 11.7 Å². The van der Waals surface area contributed by atoms with Crippen LogP contribution >= 0.6 is 0 Å². The molecule has 1 aliphatic heterocycles. The van der Waals surface area contributed by atoms with Gasteiger partial charge in [0.1, 0.15) is 5.82 Å². The van der Waals surface area contributed by atoms with E-state index in [-0.39, 0.29) is 12.4 Å². The summed E-state index contributed by atoms with van der Waals surface area (Å²) in [6.45, 7) is 4.03. The van der Waals surface area contributed by atoms with Crippen molar-refractivity contribution in [3.05, 3.63) is 56.5 Å². The molecule has 1 saturated heterocycles. The van der Waals surface area contributed by atoms with Gasteiger partial charge >= 0.3 is 5.69 Å². The van der Waals surface area contributed by atoms with E-state index in [4.69, 9.17) is 0 Å². The predicted molar refractivity (Wildman–Crippen MR) is 106 cm³/mol. The summed E-state index contributed by atoms with van der Waals surface area (Å²) in [7, 11) is 3.05. The van der Waals surface area contributed by atoms with E-state index < -0.39 is 11.2 Å². The molecule has 0 bridgehead atoms. The molecule has 0 spiro atoms. The Morgan fingerprint density at radius 3 is 2.46 bits per heavy atom. The van der Waals surface area contributed by atoms with E-state index in [2.05, 4.69) is 16.8 Å². The second-order valence-electron chi connectivity index (χ2n) is 7.64. The summed E-state index contributed by atoms with van der Waals surface area (Å²) in [4.78, 5) is 32.1. The van der Waals surface area contributed by atoms with Gasteiger partial charge in [-0.15, -0.1) is 0 Å². The summed E-state index contributed by atoms with van der Waals surface area (Å²) in [5.74, 6) is 0.922. The van der Waals surface area contributed by atoms with Crippen LogP contribution in [0.4, 0.5) is 10.3 Å². The van der Waals surface area contributed by atoms with Gasteiger partial charge in [0.15, 0.2) is 11.2 Å². The molecule has 0 aliphatic carbocycles. The number of aryl methyl sites for hydroxylation is 1. The number of nitrogens with zero attached hydrogens (tertiary/aromatic N) is 5. The number of anilines is 1. The first-order valence-corrected chi connectivity index (χ1v) is 9.53. The molecule has 7 nitrogen and oxygen atoms in total. The van der Waals surface area contributed by atoms with Crippen molar-refractivity contribution in [2.75, 3.05) is 18.0 Å². The van der Waals surface area contributed by atoms with Crippen LogP contribution in [-0.4, -0.2) is 31.8 Å². The fraction of sp³-hybridized carbons (Fsp3) is 0.450. The van der Waals surface area contributed by atoms with Crippen molar-refractivity contribution in [3.8, 4) is 0 Å². The summed E-state index contributed by atoms with van der Waals surface area (Å²) in [6, 6.07) is 6.52. The minimum absolute atomic E-state index is 0.179. The highest BCUT2D eigenvalue weighted by molar-refractivity contribution is 5.74. The van der Waals surface area contributed by atoms with Crippen LogP contribution in [0.5, 0.6) is 0 Å². The Hall–Kier alpha value is -2.90. The molecule has 1 fully saturated rings. The molecule has 1 aliphatic rings. The first-order chi connectivity index (χ1) is 13.4. The van der Waals surface area contributed by atoms with Gasteiger partial charge in [-0.1, -0.05) is 25.1 Å². The zero-order valence-electron chi connectivity index (χ0n) is 16.4. The molecule has 148 valence electrons. The number of piperidine rings is 1. The number of imidazole rings is 1. The van der Waals surface area contributed by atoms with Crippen molar-refractivity contribution in [3.63, 3.8) is 0 Å². The van der Waals surface area contributed by atoms with Gasteiger partial charge in [0.25, 0.3) is 5.56 Å². The van der Waals surface area contributed by atoms with Crippen LogP contribution in [0.3, 0.4) is 0 Å². The summed E-state index contributed by atoms with van der Waals surface area (Å²) >= 11 is 0. The Morgan fingerprint density at radius 2 is 1.79 bits per heavy atom. The third kappa shape index (κ3) is 2.93. The summed E-state index contributed by atoms with van der Waals surface area (Å²) in [5, 5.41) is 0. The van der Waals surface area contributed by atoms with Gasteiger partial charge in [-0.25, -0.2) is 9.18 Å². The minimum atomic E-state index is -0.424. The number of halogens is 1. The van der Waals surface area contributed by atoms with Crippen LogP contribution in [0.1, 0.15) is 25.3 Å². The number of rotatable bonds is 3. The molecule has 8 heteroatoms. The topological polar surface area (TPSA) is 65.1 Å². The molecule has 3 heterocycles. The van der Waals surface area contributed by atoms with Gasteiger partial charge in [0, 0.05) is 32.7 Å². The van der Waals surface area contributed by atoms with E-state index >= 15 is 0 Å². The number of benzene rings is 1. The van der Waals surface area contributed by atoms with Crippen molar-refractivity contribution in [2.24, 2.45) is 20.0 Å². The first-order valence-electron chi connectivity index (χ1n) is 9.53. The maximum absolute atomic E-state index is 14.3. The number of hydrogen-bond donors (Lipinski definition) is 0. The highest BCUT2D eigenvalue weighted by Crippen LogP contribution is 2.26. The first kappa shape index (κ1) is 18.5. The fourth-order valence-corrected chi connectivity index (χ4v) is 3.83. The highest BCUT2D eigenvalue weighted by Gasteiger charge is 2.25. The Labute approximate surface area is 161 Å². The molecule has 0 N–H and O–H groups in total. The average Bonchev–Trinajstić information content (AvgIpc) is 3.06. The van der Waals surface area contributed by atoms with Crippen LogP contribution in [0.15, 0.2) is 33.9 Å². The van der Waals surface area contributed by atoms with Gasteiger partial charge in [-0.05, 0) is 24.8 Å². The molecule has 0 saturated carbocycles. The quantitative estimate of drug-likeness (QED) is 0.690. The Bertz CT molecular complexity index is 1150. The second kappa shape index (κ2) is 6.92. The minimum Gasteiger partial charge on any atom is -0.342 e. The number of fused-ring (bicyclic) bond motifs is 1. The zero-order valence-corrected chi connectivity index (χ0v) is 16.4. The van der Waals surface area contributed by atoms with Crippen molar-refractivity contribution >= 4 is 17.1 Å². The molecule has 4 rings (SSSR count). The third-order valence-corrected chi connectivity index (χ3v) is 5.68. The lowest BCUT2D eigenvalue weighted by Crippen LogP contribution is -2.38. The second-order valence-corrected chi connectivity index (χ2v) is 7.64. The largest absolute Gasteiger partial charge is 0.342 e. The van der Waals surface area contributed by atoms with Crippen LogP contribution < -0.4 is 16.1 Å². The van der Waals surface area contributed by atoms with Gasteiger partial charge in [0.2, 0.25) is 5.95 Å². The standard InChI is InChI=1S/C20H24FN5O2/c1-13-8-10-25(11-9-13)19-22-17-16(18(27)24(3)20(28)23(17)2)26(19)12-14-6-4-5-7-15(14)21/h4-7,13H,8-12H2,1-3H3. The highest BCUT2D eigenvalue weighted by atomic mass is 19.1. The van der Waals surface area contributed by atoms with E-state index in [0.29, 0.717) is 28.6 Å². The van der Waals surface area contributed by atoms with Crippen molar-refractivity contribution in [1.82, 2.24) is 18.7 Å². The Kier molecular flexibility index (Phi) is 4.56. The van der Waals surface area contributed by atoms with Crippen LogP contribution in [0.2, 0.25) is 0 Å². The maximum Gasteiger partial charge on any atom is 0.332 e. The van der Waals surface area contributed by atoms with Gasteiger partial charge in [-0.2, -0.15) is 4.98 Å². The molecule has 0 unspecified atom stereocenters. The predicted octanol–water partition coefficient (Wildman–Crippen LogP) is 1.86. The lowest BCUT2D eigenvalue weighted by molar-refractivity contribution is 0.432. The molecule has 3 aromatic rings. The lowest BCUT2D eigenvalue weighted by atomic mass is 10.00. The van der Waals surface area contributed by atoms with E-state index in [1.807, 2.05) is 0 Å². The van der Waals surface area contributed by atoms with Crippen LogP contribution in [0.25, 0.3) is 11.2 Å². The molecule has 28 heavy (non-hydrogen) atoms. The van der Waals surface area contributed by atoms with E-state index in [1.165, 1.54) is 17.7 Å². The van der Waals surface area contributed by atoms with Crippen molar-refractivity contribution in [1.29, 1.82) is 0 Å². The third-order valence-electron chi connectivity index (χ3n) is 5.68. The van der Waals surface area contributed by atoms with E-state index in [0.717, 1.165) is 30.5 Å². The molecular formula is C20H24FN5O2. The lowest BCUT2D eigenvalue weighted by Gasteiger charge is -2.31. The average molecular weight is 385 g/mol. The molecular weight excluding hydrogens is 361 g/mol. The SMILES string of the molecule is CC1CCN(c2nc3c(c(=O)n(C)c(=O)n3C)n2Cc2ccccc2F)CC1. The van der Waals surface area contributed by atoms with Gasteiger partial charge in [0.05, 0.1) is 6.54 Å². The summed E-state index contributed by atoms with van der Waals surface area (Å²) in [6.07, 6.45) is 2.06. The van der Waals surface area contributed by atoms with Crippen LogP contribution in [-0.2, 0) is 20.6 Å². The Balaban J connectivity index is 1.96. The smallest absolute Gasteiger partial charge is 0.332 e. The molecule has 1 aromatic carbocycles. The fourth-order valence-electron chi connectivity index (χ4n) is 3.83. The zero-order chi connectivity index (χ0) is 20.0. The van der Waals surface area contributed by atoms with Crippen molar-refractivity contribution < 1.29 is 4.39 Å². The van der Waals surface area contributed by atoms with E-state index in [9.17, 15) is 14.0 Å². The summed E-state index contributed by atoms with van der Waals surface area (Å²) in [5.41, 5.74) is 0.286. The normalized spacial score (nSPS) is 15.5. The molecule has 0 atom stereocenters. The number of hydrogen-bond acceptors (Lipinski definition) is 4. The summed E-state index contributed by atoms with van der Waals surface area (Å²) < 4.78 is 18.6. The van der Waals surface area contributed by atoms with Gasteiger partial charge in [-0.3, -0.25) is 18.5 Å². The monoisotopic (exact) mass is 385 g/mol. The maximum atomic E-state index is 14.3. The number of aromatic nitrogens is 4. The van der Waals surface area contributed by atoms with E-state index in [1.54, 1.807) is 29.8 Å². The molecule has 2 aromatic heterocycles. The van der Waals surface area contributed by atoms with Gasteiger partial charge < -0.3 is 4.90 Å². The molecule has 0 amide bonds.